The molecule has 0 amide bonds. The van der Waals surface area contributed by atoms with Gasteiger partial charge in [-0.05, 0) is 36.8 Å². The summed E-state index contributed by atoms with van der Waals surface area (Å²) in [5.74, 6) is 1.71. The third-order valence-corrected chi connectivity index (χ3v) is 2.64. The minimum absolute atomic E-state index is 0.255. The molecule has 0 bridgehead atoms. The Morgan fingerprint density at radius 1 is 0.875 bits per heavy atom. The number of para-hydroxylation sites is 1. The Labute approximate surface area is 101 Å². The SMILES string of the molecule is CC(S)c1ccc(Oc2ccccc2)cc1. The first-order valence-electron chi connectivity index (χ1n) is 5.26. The highest BCUT2D eigenvalue weighted by molar-refractivity contribution is 7.80. The summed E-state index contributed by atoms with van der Waals surface area (Å²) in [4.78, 5) is 0. The maximum atomic E-state index is 5.69. The predicted octanol–water partition coefficient (Wildman–Crippen LogP) is 4.47. The number of hydrogen-bond acceptors (Lipinski definition) is 2. The zero-order valence-corrected chi connectivity index (χ0v) is 10.0. The van der Waals surface area contributed by atoms with Gasteiger partial charge in [0.25, 0.3) is 0 Å². The number of rotatable bonds is 3. The molecule has 1 nitrogen and oxygen atoms in total. The van der Waals surface area contributed by atoms with E-state index in [4.69, 9.17) is 4.74 Å². The van der Waals surface area contributed by atoms with E-state index in [2.05, 4.69) is 19.6 Å². The van der Waals surface area contributed by atoms with Crippen molar-refractivity contribution >= 4 is 12.6 Å². The Kier molecular flexibility index (Phi) is 3.52. The van der Waals surface area contributed by atoms with Crippen molar-refractivity contribution in [2.75, 3.05) is 0 Å². The molecule has 2 aromatic carbocycles. The second kappa shape index (κ2) is 5.08. The zero-order valence-electron chi connectivity index (χ0n) is 9.13. The zero-order chi connectivity index (χ0) is 11.4. The lowest BCUT2D eigenvalue weighted by Gasteiger charge is -2.07. The molecule has 0 saturated carbocycles. The van der Waals surface area contributed by atoms with E-state index in [9.17, 15) is 0 Å². The lowest BCUT2D eigenvalue weighted by molar-refractivity contribution is 0.482. The fraction of sp³-hybridized carbons (Fsp3) is 0.143. The first-order chi connectivity index (χ1) is 7.75. The van der Waals surface area contributed by atoms with Crippen molar-refractivity contribution < 1.29 is 4.74 Å². The van der Waals surface area contributed by atoms with E-state index >= 15 is 0 Å². The van der Waals surface area contributed by atoms with Crippen LogP contribution in [0.1, 0.15) is 17.7 Å². The fourth-order valence-corrected chi connectivity index (χ4v) is 1.61. The van der Waals surface area contributed by atoms with Gasteiger partial charge in [-0.2, -0.15) is 12.6 Å². The Balaban J connectivity index is 2.11. The van der Waals surface area contributed by atoms with Crippen LogP contribution in [0.5, 0.6) is 11.5 Å². The average molecular weight is 230 g/mol. The lowest BCUT2D eigenvalue weighted by Crippen LogP contribution is -1.86. The van der Waals surface area contributed by atoms with Gasteiger partial charge in [0.1, 0.15) is 11.5 Å². The topological polar surface area (TPSA) is 9.23 Å². The highest BCUT2D eigenvalue weighted by Gasteiger charge is 2.00. The smallest absolute Gasteiger partial charge is 0.127 e. The summed E-state index contributed by atoms with van der Waals surface area (Å²) in [6, 6.07) is 17.8. The van der Waals surface area contributed by atoms with Crippen molar-refractivity contribution in [1.82, 2.24) is 0 Å². The molecule has 1 unspecified atom stereocenters. The molecular formula is C14H14OS. The van der Waals surface area contributed by atoms with Crippen LogP contribution in [0.3, 0.4) is 0 Å². The molecule has 16 heavy (non-hydrogen) atoms. The molecule has 0 N–H and O–H groups in total. The summed E-state index contributed by atoms with van der Waals surface area (Å²) in [6.07, 6.45) is 0. The van der Waals surface area contributed by atoms with Gasteiger partial charge in [-0.25, -0.2) is 0 Å². The van der Waals surface area contributed by atoms with Crippen LogP contribution in [0.15, 0.2) is 54.6 Å². The van der Waals surface area contributed by atoms with Crippen molar-refractivity contribution in [3.05, 3.63) is 60.2 Å². The van der Waals surface area contributed by atoms with Crippen LogP contribution in [-0.2, 0) is 0 Å². The first kappa shape index (κ1) is 11.1. The van der Waals surface area contributed by atoms with Gasteiger partial charge in [-0.15, -0.1) is 0 Å². The summed E-state index contributed by atoms with van der Waals surface area (Å²) >= 11 is 4.38. The summed E-state index contributed by atoms with van der Waals surface area (Å²) in [6.45, 7) is 2.05. The summed E-state index contributed by atoms with van der Waals surface area (Å²) in [5.41, 5.74) is 1.20. The third kappa shape index (κ3) is 2.80. The van der Waals surface area contributed by atoms with Crippen LogP contribution < -0.4 is 4.74 Å². The summed E-state index contributed by atoms with van der Waals surface area (Å²) < 4.78 is 5.69. The quantitative estimate of drug-likeness (QED) is 0.765. The van der Waals surface area contributed by atoms with Crippen LogP contribution in [0.2, 0.25) is 0 Å². The Morgan fingerprint density at radius 2 is 1.44 bits per heavy atom. The molecule has 1 atom stereocenters. The number of ether oxygens (including phenoxy) is 1. The fourth-order valence-electron chi connectivity index (χ4n) is 1.44. The molecule has 82 valence electrons. The van der Waals surface area contributed by atoms with Gasteiger partial charge in [0.05, 0.1) is 0 Å². The molecule has 0 aliphatic rings. The first-order valence-corrected chi connectivity index (χ1v) is 5.78. The molecule has 0 spiro atoms. The van der Waals surface area contributed by atoms with Crippen LogP contribution in [-0.4, -0.2) is 0 Å². The molecule has 0 saturated heterocycles. The molecule has 0 aliphatic carbocycles. The molecule has 0 radical (unpaired) electrons. The van der Waals surface area contributed by atoms with Gasteiger partial charge < -0.3 is 4.74 Å². The van der Waals surface area contributed by atoms with Crippen molar-refractivity contribution in [3.8, 4) is 11.5 Å². The molecule has 2 heteroatoms. The van der Waals surface area contributed by atoms with E-state index in [1.807, 2.05) is 54.6 Å². The van der Waals surface area contributed by atoms with Crippen LogP contribution >= 0.6 is 12.6 Å². The Hall–Kier alpha value is -1.41. The van der Waals surface area contributed by atoms with Crippen molar-refractivity contribution in [1.29, 1.82) is 0 Å². The Bertz CT molecular complexity index is 434. The van der Waals surface area contributed by atoms with Gasteiger partial charge in [0.2, 0.25) is 0 Å². The molecule has 0 aromatic heterocycles. The van der Waals surface area contributed by atoms with Gasteiger partial charge >= 0.3 is 0 Å². The molecule has 2 rings (SSSR count). The molecule has 2 aromatic rings. The number of thiol groups is 1. The lowest BCUT2D eigenvalue weighted by atomic mass is 10.1. The van der Waals surface area contributed by atoms with E-state index < -0.39 is 0 Å². The minimum Gasteiger partial charge on any atom is -0.457 e. The predicted molar refractivity (Wildman–Crippen MR) is 70.4 cm³/mol. The third-order valence-electron chi connectivity index (χ3n) is 2.34. The van der Waals surface area contributed by atoms with Crippen LogP contribution in [0, 0.1) is 0 Å². The minimum atomic E-state index is 0.255. The Morgan fingerprint density at radius 3 is 2.00 bits per heavy atom. The van der Waals surface area contributed by atoms with Crippen LogP contribution in [0.25, 0.3) is 0 Å². The molecule has 0 fully saturated rings. The van der Waals surface area contributed by atoms with E-state index in [0.717, 1.165) is 11.5 Å². The number of hydrogen-bond donors (Lipinski definition) is 1. The maximum Gasteiger partial charge on any atom is 0.127 e. The average Bonchev–Trinajstić information content (AvgIpc) is 2.31. The second-order valence-corrected chi connectivity index (χ2v) is 4.43. The van der Waals surface area contributed by atoms with Gasteiger partial charge in [-0.1, -0.05) is 30.3 Å². The van der Waals surface area contributed by atoms with Gasteiger partial charge in [-0.3, -0.25) is 0 Å². The number of benzene rings is 2. The van der Waals surface area contributed by atoms with Gasteiger partial charge in [0, 0.05) is 5.25 Å². The van der Waals surface area contributed by atoms with E-state index in [1.165, 1.54) is 5.56 Å². The summed E-state index contributed by atoms with van der Waals surface area (Å²) in [5, 5.41) is 0.255. The normalized spacial score (nSPS) is 12.1. The van der Waals surface area contributed by atoms with E-state index in [1.54, 1.807) is 0 Å². The van der Waals surface area contributed by atoms with Crippen LogP contribution in [0.4, 0.5) is 0 Å². The molecule has 0 heterocycles. The highest BCUT2D eigenvalue weighted by Crippen LogP contribution is 2.24. The highest BCUT2D eigenvalue weighted by atomic mass is 32.1. The van der Waals surface area contributed by atoms with E-state index in [0.29, 0.717) is 0 Å². The molecule has 0 aliphatic heterocycles. The van der Waals surface area contributed by atoms with E-state index in [-0.39, 0.29) is 5.25 Å². The largest absolute Gasteiger partial charge is 0.457 e. The van der Waals surface area contributed by atoms with Crippen molar-refractivity contribution in [2.45, 2.75) is 12.2 Å². The van der Waals surface area contributed by atoms with Gasteiger partial charge in [0.15, 0.2) is 0 Å². The maximum absolute atomic E-state index is 5.69. The monoisotopic (exact) mass is 230 g/mol. The summed E-state index contributed by atoms with van der Waals surface area (Å²) in [7, 11) is 0. The second-order valence-electron chi connectivity index (χ2n) is 3.66. The van der Waals surface area contributed by atoms with Crippen molar-refractivity contribution in [3.63, 3.8) is 0 Å². The molecular weight excluding hydrogens is 216 g/mol. The van der Waals surface area contributed by atoms with Crippen molar-refractivity contribution in [2.24, 2.45) is 0 Å². The standard InChI is InChI=1S/C14H14OS/c1-11(16)12-7-9-14(10-8-12)15-13-5-3-2-4-6-13/h2-11,16H,1H3.